The number of rotatable bonds is 0. The predicted molar refractivity (Wildman–Crippen MR) is 28.1 cm³/mol. The molecule has 10 heavy (non-hydrogen) atoms. The summed E-state index contributed by atoms with van der Waals surface area (Å²) in [6, 6.07) is 0. The van der Waals surface area contributed by atoms with E-state index in [1.54, 1.807) is 0 Å². The van der Waals surface area contributed by atoms with E-state index in [9.17, 15) is 0 Å². The summed E-state index contributed by atoms with van der Waals surface area (Å²) in [6.45, 7) is 0. The molecule has 0 saturated heterocycles. The fourth-order valence-corrected chi connectivity index (χ4v) is 0. The van der Waals surface area contributed by atoms with Crippen molar-refractivity contribution < 1.29 is 49.1 Å². The van der Waals surface area contributed by atoms with Crippen LogP contribution in [0.1, 0.15) is 0 Å². The van der Waals surface area contributed by atoms with Crippen molar-refractivity contribution in [3.05, 3.63) is 0 Å². The minimum absolute atomic E-state index is 0.750. The number of aliphatic hydroxyl groups excluding tert-OH is 1. The van der Waals surface area contributed by atoms with E-state index in [0.717, 1.165) is 27.5 Å². The Hall–Kier alpha value is 0.314. The molecule has 0 amide bonds. The third-order valence-corrected chi connectivity index (χ3v) is 0. The molecule has 0 aromatic carbocycles. The van der Waals surface area contributed by atoms with Crippen LogP contribution in [-0.2, 0) is 33.5 Å². The molecule has 0 bridgehead atoms. The Labute approximate surface area is 71.0 Å². The topological polar surface area (TPSA) is 96.2 Å². The van der Waals surface area contributed by atoms with Gasteiger partial charge in [0.05, 0.1) is 14.2 Å². The van der Waals surface area contributed by atoms with E-state index in [0.29, 0.717) is 0 Å². The quantitative estimate of drug-likeness (QED) is 0.277. The summed E-state index contributed by atoms with van der Waals surface area (Å²) in [5.74, 6) is 0. The first-order chi connectivity index (χ1) is 4.83. The van der Waals surface area contributed by atoms with Crippen LogP contribution in [0, 0.1) is 0 Å². The Balaban J connectivity index is -0.0000000246. The first-order valence-corrected chi connectivity index (χ1v) is 2.47. The molecule has 0 saturated carbocycles. The van der Waals surface area contributed by atoms with Gasteiger partial charge in [0.2, 0.25) is 0 Å². The number of hydrogen-bond acceptors (Lipinski definition) is 6. The van der Waals surface area contributed by atoms with Crippen LogP contribution in [0.15, 0.2) is 0 Å². The molecule has 0 rings (SSSR count). The molecule has 7 heteroatoms. The van der Waals surface area contributed by atoms with E-state index >= 15 is 0 Å². The predicted octanol–water partition coefficient (Wildman–Crippen LogP) is -0.301. The molecule has 0 spiro atoms. The summed E-state index contributed by atoms with van der Waals surface area (Å²) in [7, 11) is 3.36. The van der Waals surface area contributed by atoms with Gasteiger partial charge in [0.25, 0.3) is 0 Å². The van der Waals surface area contributed by atoms with Crippen LogP contribution < -0.4 is 0 Å². The van der Waals surface area contributed by atoms with Crippen LogP contribution in [0.4, 0.5) is 0 Å². The van der Waals surface area contributed by atoms with Crippen LogP contribution >= 0.6 is 0 Å². The molecule has 64 valence electrons. The first kappa shape index (κ1) is 22.4. The standard InChI is InChI=1S/2CH4O2.CH4O.O.Ti/c2*1-3-2;1-2;;/h2*2H,1H3;2H,1H3;;. The molecule has 3 N–H and O–H groups in total. The van der Waals surface area contributed by atoms with Crippen LogP contribution in [0.5, 0.6) is 0 Å². The van der Waals surface area contributed by atoms with Gasteiger partial charge >= 0.3 is 23.7 Å². The van der Waals surface area contributed by atoms with Crippen molar-refractivity contribution in [3.8, 4) is 0 Å². The van der Waals surface area contributed by atoms with E-state index in [-0.39, 0.29) is 0 Å². The summed E-state index contributed by atoms with van der Waals surface area (Å²) in [6.07, 6.45) is 0. The minimum atomic E-state index is 0.750. The van der Waals surface area contributed by atoms with E-state index in [1.807, 2.05) is 0 Å². The molecule has 0 aliphatic carbocycles. The summed E-state index contributed by atoms with van der Waals surface area (Å²) in [5, 5.41) is 21.1. The van der Waals surface area contributed by atoms with Gasteiger partial charge in [-0.3, -0.25) is 10.5 Å². The summed E-state index contributed by atoms with van der Waals surface area (Å²) in [5.41, 5.74) is 0. The van der Waals surface area contributed by atoms with Gasteiger partial charge in [-0.2, -0.15) is 0 Å². The van der Waals surface area contributed by atoms with Crippen molar-refractivity contribution in [1.82, 2.24) is 0 Å². The van der Waals surface area contributed by atoms with Crippen LogP contribution in [-0.4, -0.2) is 37.0 Å². The Bertz CT molecular complexity index is 20.5. The molecule has 0 heterocycles. The van der Waals surface area contributed by atoms with Gasteiger partial charge in [-0.25, -0.2) is 9.78 Å². The molecule has 0 fully saturated rings. The fourth-order valence-electron chi connectivity index (χ4n) is 0. The molecular formula is C3H12O6Ti. The Morgan fingerprint density at radius 2 is 1.00 bits per heavy atom. The second-order valence-corrected chi connectivity index (χ2v) is 0.365. The van der Waals surface area contributed by atoms with E-state index in [1.165, 1.54) is 14.2 Å². The Morgan fingerprint density at radius 1 is 1.00 bits per heavy atom. The third-order valence-electron chi connectivity index (χ3n) is 0. The van der Waals surface area contributed by atoms with Gasteiger partial charge in [-0.05, 0) is 0 Å². The second kappa shape index (κ2) is 120. The van der Waals surface area contributed by atoms with Crippen molar-refractivity contribution in [2.75, 3.05) is 21.3 Å². The molecule has 0 unspecified atom stereocenters. The maximum atomic E-state index is 8.25. The fraction of sp³-hybridized carbons (Fsp3) is 1.00. The normalized spacial score (nSPS) is 4.50. The number of aliphatic hydroxyl groups is 1. The van der Waals surface area contributed by atoms with E-state index < -0.39 is 0 Å². The number of hydrogen-bond donors (Lipinski definition) is 3. The summed E-state index contributed by atoms with van der Waals surface area (Å²) in [4.78, 5) is 6.50. The average Bonchev–Trinajstić information content (AvgIpc) is 1.99. The molecule has 0 aliphatic heterocycles. The molecular weight excluding hydrogens is 180 g/mol. The summed E-state index contributed by atoms with van der Waals surface area (Å²) >= 11 is 0.750. The van der Waals surface area contributed by atoms with Crippen molar-refractivity contribution in [1.29, 1.82) is 0 Å². The van der Waals surface area contributed by atoms with Crippen molar-refractivity contribution in [2.45, 2.75) is 0 Å². The Morgan fingerprint density at radius 3 is 1.00 bits per heavy atom. The second-order valence-electron chi connectivity index (χ2n) is 0.365. The Kier molecular flexibility index (Phi) is 270. The average molecular weight is 192 g/mol. The molecule has 0 radical (unpaired) electrons. The first-order valence-electron chi connectivity index (χ1n) is 1.83. The van der Waals surface area contributed by atoms with Crippen molar-refractivity contribution in [3.63, 3.8) is 0 Å². The van der Waals surface area contributed by atoms with E-state index in [4.69, 9.17) is 18.9 Å². The van der Waals surface area contributed by atoms with Crippen LogP contribution in [0.25, 0.3) is 0 Å². The zero-order valence-corrected chi connectivity index (χ0v) is 7.63. The molecule has 0 aliphatic rings. The molecule has 6 nitrogen and oxygen atoms in total. The zero-order chi connectivity index (χ0) is 9.41. The van der Waals surface area contributed by atoms with Gasteiger partial charge in [0.15, 0.2) is 0 Å². The molecule has 0 atom stereocenters. The monoisotopic (exact) mass is 192 g/mol. The van der Waals surface area contributed by atoms with Crippen LogP contribution in [0.2, 0.25) is 0 Å². The van der Waals surface area contributed by atoms with Gasteiger partial charge in [-0.1, -0.05) is 0 Å². The zero-order valence-electron chi connectivity index (χ0n) is 6.07. The molecule has 0 aromatic heterocycles. The summed E-state index contributed by atoms with van der Waals surface area (Å²) < 4.78 is 8.25. The van der Waals surface area contributed by atoms with Gasteiger partial charge < -0.3 is 5.11 Å². The molecule has 0 aromatic rings. The van der Waals surface area contributed by atoms with E-state index in [2.05, 4.69) is 9.78 Å². The van der Waals surface area contributed by atoms with Crippen molar-refractivity contribution >= 4 is 0 Å². The maximum absolute atomic E-state index is 8.25. The van der Waals surface area contributed by atoms with Gasteiger partial charge in [-0.15, -0.1) is 0 Å². The third kappa shape index (κ3) is 4500. The SMILES string of the molecule is CO.COO.COO.[O]=[Ti]. The van der Waals surface area contributed by atoms with Gasteiger partial charge in [0, 0.05) is 7.11 Å². The van der Waals surface area contributed by atoms with Crippen molar-refractivity contribution in [2.24, 2.45) is 0 Å². The van der Waals surface area contributed by atoms with Crippen LogP contribution in [0.3, 0.4) is 0 Å². The van der Waals surface area contributed by atoms with Gasteiger partial charge in [0.1, 0.15) is 0 Å².